The minimum absolute atomic E-state index is 0. The van der Waals surface area contributed by atoms with E-state index in [0.29, 0.717) is 37.4 Å². The first-order valence-corrected chi connectivity index (χ1v) is 8.10. The van der Waals surface area contributed by atoms with Gasteiger partial charge in [-0.1, -0.05) is 12.1 Å². The number of nitro groups is 1. The van der Waals surface area contributed by atoms with Crippen molar-refractivity contribution < 1.29 is 9.72 Å². The number of hydrogen-bond acceptors (Lipinski definition) is 5. The largest absolute Gasteiger partial charge is 0.399 e. The minimum Gasteiger partial charge on any atom is -0.399 e. The molecule has 1 aliphatic heterocycles. The molecular formula is C18H22Cl2N4O3. The lowest BCUT2D eigenvalue weighted by molar-refractivity contribution is -0.384. The molecule has 1 heterocycles. The Balaban J connectivity index is 0.00000182. The average Bonchev–Trinajstić information content (AvgIpc) is 2.63. The fraction of sp³-hybridized carbons (Fsp3) is 0.278. The number of benzene rings is 2. The maximum absolute atomic E-state index is 12.7. The van der Waals surface area contributed by atoms with Crippen LogP contribution >= 0.6 is 24.8 Å². The Labute approximate surface area is 170 Å². The van der Waals surface area contributed by atoms with Gasteiger partial charge in [0.2, 0.25) is 0 Å². The van der Waals surface area contributed by atoms with E-state index in [-0.39, 0.29) is 36.4 Å². The summed E-state index contributed by atoms with van der Waals surface area (Å²) in [5, 5.41) is 10.9. The number of anilines is 2. The molecule has 0 saturated carbocycles. The zero-order valence-corrected chi connectivity index (χ0v) is 16.5. The van der Waals surface area contributed by atoms with Crippen molar-refractivity contribution >= 4 is 47.8 Å². The van der Waals surface area contributed by atoms with Gasteiger partial charge >= 0.3 is 0 Å². The monoisotopic (exact) mass is 412 g/mol. The van der Waals surface area contributed by atoms with Crippen LogP contribution in [-0.4, -0.2) is 41.9 Å². The second-order valence-electron chi connectivity index (χ2n) is 6.13. The van der Waals surface area contributed by atoms with Crippen molar-refractivity contribution in [3.63, 3.8) is 0 Å². The van der Waals surface area contributed by atoms with Crippen LogP contribution in [0, 0.1) is 17.0 Å². The van der Waals surface area contributed by atoms with Crippen molar-refractivity contribution in [2.75, 3.05) is 36.8 Å². The Morgan fingerprint density at radius 3 is 2.37 bits per heavy atom. The number of carbonyl (C=O) groups excluding carboxylic acids is 1. The lowest BCUT2D eigenvalue weighted by atomic mass is 10.1. The van der Waals surface area contributed by atoms with Gasteiger partial charge in [-0.25, -0.2) is 0 Å². The zero-order valence-electron chi connectivity index (χ0n) is 14.8. The molecule has 1 aliphatic rings. The number of piperazine rings is 1. The van der Waals surface area contributed by atoms with E-state index in [9.17, 15) is 14.9 Å². The highest BCUT2D eigenvalue weighted by atomic mass is 35.5. The molecule has 0 spiro atoms. The Kier molecular flexibility index (Phi) is 7.87. The highest BCUT2D eigenvalue weighted by Gasteiger charge is 2.24. The zero-order chi connectivity index (χ0) is 18.0. The molecule has 9 heteroatoms. The molecule has 2 aromatic carbocycles. The first-order valence-electron chi connectivity index (χ1n) is 8.10. The maximum atomic E-state index is 12.7. The minimum atomic E-state index is -0.397. The van der Waals surface area contributed by atoms with Gasteiger partial charge in [0, 0.05) is 55.2 Å². The molecule has 27 heavy (non-hydrogen) atoms. The first-order chi connectivity index (χ1) is 12.0. The number of carbonyl (C=O) groups is 1. The number of nitrogens with zero attached hydrogens (tertiary/aromatic N) is 3. The highest BCUT2D eigenvalue weighted by molar-refractivity contribution is 5.96. The summed E-state index contributed by atoms with van der Waals surface area (Å²) in [5.74, 6) is -0.0245. The van der Waals surface area contributed by atoms with E-state index in [1.807, 2.05) is 19.1 Å². The van der Waals surface area contributed by atoms with Crippen molar-refractivity contribution in [2.24, 2.45) is 0 Å². The molecule has 3 rings (SSSR count). The molecule has 0 radical (unpaired) electrons. The van der Waals surface area contributed by atoms with E-state index < -0.39 is 4.92 Å². The van der Waals surface area contributed by atoms with Crippen LogP contribution in [0.3, 0.4) is 0 Å². The Bertz CT molecular complexity index is 824. The molecule has 2 N–H and O–H groups in total. The van der Waals surface area contributed by atoms with Crippen LogP contribution in [0.15, 0.2) is 42.5 Å². The summed E-state index contributed by atoms with van der Waals surface area (Å²) >= 11 is 0. The number of rotatable bonds is 3. The SMILES string of the molecule is Cc1ccc(N)cc1C(=O)N1CCN(c2cccc([N+](=O)[O-])c2)CC1.Cl.Cl. The number of halogens is 2. The second-order valence-corrected chi connectivity index (χ2v) is 6.13. The van der Waals surface area contributed by atoms with E-state index in [2.05, 4.69) is 4.90 Å². The maximum Gasteiger partial charge on any atom is 0.271 e. The van der Waals surface area contributed by atoms with Crippen molar-refractivity contribution in [2.45, 2.75) is 6.92 Å². The van der Waals surface area contributed by atoms with Gasteiger partial charge in [-0.15, -0.1) is 24.8 Å². The Morgan fingerprint density at radius 2 is 1.74 bits per heavy atom. The normalized spacial score (nSPS) is 13.4. The van der Waals surface area contributed by atoms with Crippen molar-refractivity contribution in [3.05, 3.63) is 63.7 Å². The number of nitrogen functional groups attached to an aromatic ring is 1. The molecule has 0 unspecified atom stereocenters. The van der Waals surface area contributed by atoms with E-state index in [4.69, 9.17) is 5.73 Å². The number of non-ortho nitro benzene ring substituents is 1. The summed E-state index contributed by atoms with van der Waals surface area (Å²) in [6, 6.07) is 11.9. The van der Waals surface area contributed by atoms with Gasteiger partial charge in [0.1, 0.15) is 0 Å². The quantitative estimate of drug-likeness (QED) is 0.474. The van der Waals surface area contributed by atoms with Gasteiger partial charge in [-0.3, -0.25) is 14.9 Å². The third-order valence-corrected chi connectivity index (χ3v) is 4.46. The summed E-state index contributed by atoms with van der Waals surface area (Å²) in [7, 11) is 0. The van der Waals surface area contributed by atoms with Gasteiger partial charge in [-0.05, 0) is 30.7 Å². The van der Waals surface area contributed by atoms with Crippen LogP contribution in [0.4, 0.5) is 17.1 Å². The fourth-order valence-electron chi connectivity index (χ4n) is 3.01. The predicted molar refractivity (Wildman–Crippen MR) is 111 cm³/mol. The van der Waals surface area contributed by atoms with Gasteiger partial charge < -0.3 is 15.5 Å². The molecular weight excluding hydrogens is 391 g/mol. The third kappa shape index (κ3) is 5.02. The number of hydrogen-bond donors (Lipinski definition) is 1. The third-order valence-electron chi connectivity index (χ3n) is 4.46. The van der Waals surface area contributed by atoms with Crippen LogP contribution in [0.2, 0.25) is 0 Å². The van der Waals surface area contributed by atoms with E-state index >= 15 is 0 Å². The van der Waals surface area contributed by atoms with Crippen LogP contribution in [0.5, 0.6) is 0 Å². The molecule has 2 aromatic rings. The summed E-state index contributed by atoms with van der Waals surface area (Å²) in [6.07, 6.45) is 0. The van der Waals surface area contributed by atoms with Crippen molar-refractivity contribution in [3.8, 4) is 0 Å². The summed E-state index contributed by atoms with van der Waals surface area (Å²) in [4.78, 5) is 27.1. The van der Waals surface area contributed by atoms with Crippen molar-refractivity contribution in [1.29, 1.82) is 0 Å². The standard InChI is InChI=1S/C18H20N4O3.2ClH/c1-13-5-6-14(19)11-17(13)18(23)21-9-7-20(8-10-21)15-3-2-4-16(12-15)22(24)25;;/h2-6,11-12H,7-10,19H2,1H3;2*1H. The van der Waals surface area contributed by atoms with Crippen LogP contribution in [-0.2, 0) is 0 Å². The number of aryl methyl sites for hydroxylation is 1. The summed E-state index contributed by atoms with van der Waals surface area (Å²) in [6.45, 7) is 4.29. The Hall–Kier alpha value is -2.51. The second kappa shape index (κ2) is 9.43. The van der Waals surface area contributed by atoms with E-state index in [1.165, 1.54) is 6.07 Å². The molecule has 0 bridgehead atoms. The molecule has 146 valence electrons. The van der Waals surface area contributed by atoms with Crippen LogP contribution < -0.4 is 10.6 Å². The summed E-state index contributed by atoms with van der Waals surface area (Å²) in [5.41, 5.74) is 8.78. The number of amides is 1. The molecule has 7 nitrogen and oxygen atoms in total. The molecule has 1 fully saturated rings. The van der Waals surface area contributed by atoms with Gasteiger partial charge in [0.15, 0.2) is 0 Å². The average molecular weight is 413 g/mol. The number of nitrogens with two attached hydrogens (primary N) is 1. The molecule has 0 aliphatic carbocycles. The van der Waals surface area contributed by atoms with E-state index in [0.717, 1.165) is 11.3 Å². The lowest BCUT2D eigenvalue weighted by Gasteiger charge is -2.36. The van der Waals surface area contributed by atoms with Crippen LogP contribution in [0.1, 0.15) is 15.9 Å². The molecule has 0 aromatic heterocycles. The highest BCUT2D eigenvalue weighted by Crippen LogP contribution is 2.23. The smallest absolute Gasteiger partial charge is 0.271 e. The van der Waals surface area contributed by atoms with Gasteiger partial charge in [0.25, 0.3) is 11.6 Å². The Morgan fingerprint density at radius 1 is 1.07 bits per heavy atom. The fourth-order valence-corrected chi connectivity index (χ4v) is 3.01. The lowest BCUT2D eigenvalue weighted by Crippen LogP contribution is -2.49. The topological polar surface area (TPSA) is 92.7 Å². The first kappa shape index (κ1) is 22.5. The molecule has 1 amide bonds. The molecule has 0 atom stereocenters. The summed E-state index contributed by atoms with van der Waals surface area (Å²) < 4.78 is 0. The molecule has 1 saturated heterocycles. The van der Waals surface area contributed by atoms with Crippen LogP contribution in [0.25, 0.3) is 0 Å². The predicted octanol–water partition coefficient (Wildman–Crippen LogP) is 3.29. The number of nitro benzene ring substituents is 1. The van der Waals surface area contributed by atoms with Crippen molar-refractivity contribution in [1.82, 2.24) is 4.90 Å². The van der Waals surface area contributed by atoms with Gasteiger partial charge in [-0.2, -0.15) is 0 Å². The van der Waals surface area contributed by atoms with Gasteiger partial charge in [0.05, 0.1) is 4.92 Å². The van der Waals surface area contributed by atoms with E-state index in [1.54, 1.807) is 29.2 Å².